The van der Waals surface area contributed by atoms with Gasteiger partial charge in [0, 0.05) is 11.1 Å². The minimum Gasteiger partial charge on any atom is -0.415 e. The van der Waals surface area contributed by atoms with E-state index in [0.717, 1.165) is 23.2 Å². The van der Waals surface area contributed by atoms with E-state index in [4.69, 9.17) is 4.42 Å². The van der Waals surface area contributed by atoms with E-state index in [1.807, 2.05) is 38.1 Å². The molecule has 2 aromatic carbocycles. The number of aromatic nitrogens is 2. The Morgan fingerprint density at radius 3 is 2.58 bits per heavy atom. The van der Waals surface area contributed by atoms with Crippen LogP contribution in [0.4, 0.5) is 4.39 Å². The average Bonchev–Trinajstić information content (AvgIpc) is 3.06. The number of benzene rings is 2. The predicted octanol–water partition coefficient (Wildman–Crippen LogP) is 2.96. The van der Waals surface area contributed by atoms with Crippen molar-refractivity contribution in [3.05, 3.63) is 71.4 Å². The van der Waals surface area contributed by atoms with E-state index in [9.17, 15) is 4.39 Å². The summed E-state index contributed by atoms with van der Waals surface area (Å²) in [5.41, 5.74) is 3.15. The highest BCUT2D eigenvalue weighted by Crippen LogP contribution is 2.20. The van der Waals surface area contributed by atoms with Crippen LogP contribution in [0.15, 0.2) is 52.9 Å². The molecule has 0 saturated heterocycles. The molecule has 3 rings (SSSR count). The maximum atomic E-state index is 13.0. The minimum atomic E-state index is -0.218. The Kier molecular flexibility index (Phi) is 4.71. The third kappa shape index (κ3) is 3.68. The lowest BCUT2D eigenvalue weighted by molar-refractivity contribution is -0.925. The van der Waals surface area contributed by atoms with E-state index < -0.39 is 0 Å². The van der Waals surface area contributed by atoms with Gasteiger partial charge < -0.3 is 9.32 Å². The van der Waals surface area contributed by atoms with Gasteiger partial charge >= 0.3 is 0 Å². The van der Waals surface area contributed by atoms with Crippen molar-refractivity contribution in [2.45, 2.75) is 26.4 Å². The summed E-state index contributed by atoms with van der Waals surface area (Å²) in [6, 6.07) is 14.6. The molecule has 4 nitrogen and oxygen atoms in total. The number of nitrogens with zero attached hydrogens (tertiary/aromatic N) is 2. The molecule has 0 saturated carbocycles. The highest BCUT2D eigenvalue weighted by molar-refractivity contribution is 5.53. The molecule has 1 aromatic heterocycles. The van der Waals surface area contributed by atoms with Gasteiger partial charge in [0.1, 0.15) is 12.4 Å². The Balaban J connectivity index is 1.73. The SMILES string of the molecule is Cc1cccc(-c2nnc([C@H](C)[NH+](C)Cc3ccc(F)cc3)o2)c1. The smallest absolute Gasteiger partial charge is 0.274 e. The standard InChI is InChI=1S/C19H20FN3O/c1-13-5-4-6-16(11-13)19-22-21-18(24-19)14(2)23(3)12-15-7-9-17(20)10-8-15/h4-11,14H,12H2,1-3H3/p+1/t14-/m0/s1. The zero-order chi connectivity index (χ0) is 17.1. The fourth-order valence-electron chi connectivity index (χ4n) is 2.59. The second-order valence-electron chi connectivity index (χ2n) is 6.19. The van der Waals surface area contributed by atoms with Crippen LogP contribution in [-0.4, -0.2) is 17.2 Å². The van der Waals surface area contributed by atoms with Crippen molar-refractivity contribution in [1.29, 1.82) is 0 Å². The summed E-state index contributed by atoms with van der Waals surface area (Å²) < 4.78 is 18.9. The molecule has 0 spiro atoms. The molecule has 1 unspecified atom stereocenters. The van der Waals surface area contributed by atoms with E-state index in [-0.39, 0.29) is 11.9 Å². The van der Waals surface area contributed by atoms with Crippen LogP contribution in [0.2, 0.25) is 0 Å². The van der Waals surface area contributed by atoms with Crippen molar-refractivity contribution in [1.82, 2.24) is 10.2 Å². The summed E-state index contributed by atoms with van der Waals surface area (Å²) in [5.74, 6) is 0.922. The van der Waals surface area contributed by atoms with Crippen LogP contribution in [0.25, 0.3) is 11.5 Å². The van der Waals surface area contributed by atoms with Crippen molar-refractivity contribution in [3.63, 3.8) is 0 Å². The maximum Gasteiger partial charge on any atom is 0.274 e. The largest absolute Gasteiger partial charge is 0.415 e. The molecule has 24 heavy (non-hydrogen) atoms. The molecule has 0 fully saturated rings. The molecule has 0 aliphatic rings. The van der Waals surface area contributed by atoms with Gasteiger partial charge in [0.2, 0.25) is 5.89 Å². The summed E-state index contributed by atoms with van der Waals surface area (Å²) in [6.45, 7) is 4.83. The van der Waals surface area contributed by atoms with Crippen LogP contribution in [0, 0.1) is 12.7 Å². The average molecular weight is 326 g/mol. The van der Waals surface area contributed by atoms with Crippen molar-refractivity contribution in [2.75, 3.05) is 7.05 Å². The lowest BCUT2D eigenvalue weighted by atomic mass is 10.1. The van der Waals surface area contributed by atoms with Crippen LogP contribution < -0.4 is 4.90 Å². The van der Waals surface area contributed by atoms with Gasteiger partial charge in [-0.3, -0.25) is 0 Å². The number of hydrogen-bond donors (Lipinski definition) is 1. The molecule has 0 amide bonds. The molecule has 0 radical (unpaired) electrons. The summed E-state index contributed by atoms with van der Waals surface area (Å²) in [6.07, 6.45) is 0. The molecule has 0 bridgehead atoms. The van der Waals surface area contributed by atoms with Crippen LogP contribution in [0.5, 0.6) is 0 Å². The van der Waals surface area contributed by atoms with Crippen LogP contribution in [-0.2, 0) is 6.54 Å². The highest BCUT2D eigenvalue weighted by atomic mass is 19.1. The van der Waals surface area contributed by atoms with Crippen molar-refractivity contribution in [3.8, 4) is 11.5 Å². The lowest BCUT2D eigenvalue weighted by Gasteiger charge is -2.18. The Hall–Kier alpha value is -2.53. The maximum absolute atomic E-state index is 13.0. The van der Waals surface area contributed by atoms with Gasteiger partial charge in [0.15, 0.2) is 6.04 Å². The second-order valence-corrected chi connectivity index (χ2v) is 6.19. The molecule has 0 aliphatic carbocycles. The zero-order valence-electron chi connectivity index (χ0n) is 14.1. The fraction of sp³-hybridized carbons (Fsp3) is 0.263. The van der Waals surface area contributed by atoms with Gasteiger partial charge in [-0.2, -0.15) is 0 Å². The molecule has 3 aromatic rings. The lowest BCUT2D eigenvalue weighted by Crippen LogP contribution is -3.07. The van der Waals surface area contributed by atoms with Gasteiger partial charge in [-0.05, 0) is 38.1 Å². The highest BCUT2D eigenvalue weighted by Gasteiger charge is 2.22. The monoisotopic (exact) mass is 326 g/mol. The predicted molar refractivity (Wildman–Crippen MR) is 89.9 cm³/mol. The van der Waals surface area contributed by atoms with Crippen LogP contribution in [0.1, 0.15) is 30.0 Å². The van der Waals surface area contributed by atoms with Gasteiger partial charge in [0.05, 0.1) is 7.05 Å². The molecule has 1 N–H and O–H groups in total. The summed E-state index contributed by atoms with van der Waals surface area (Å²) in [7, 11) is 2.06. The first-order valence-electron chi connectivity index (χ1n) is 8.00. The minimum absolute atomic E-state index is 0.0427. The fourth-order valence-corrected chi connectivity index (χ4v) is 2.59. The molecule has 0 aliphatic heterocycles. The first-order valence-corrected chi connectivity index (χ1v) is 8.00. The quantitative estimate of drug-likeness (QED) is 0.784. The van der Waals surface area contributed by atoms with Gasteiger partial charge in [-0.25, -0.2) is 4.39 Å². The van der Waals surface area contributed by atoms with Crippen molar-refractivity contribution in [2.24, 2.45) is 0 Å². The third-order valence-corrected chi connectivity index (χ3v) is 4.21. The molecule has 124 valence electrons. The normalized spacial score (nSPS) is 13.7. The molecular weight excluding hydrogens is 305 g/mol. The van der Waals surface area contributed by atoms with Crippen molar-refractivity contribution < 1.29 is 13.7 Å². The summed E-state index contributed by atoms with van der Waals surface area (Å²) in [4.78, 5) is 1.20. The molecular formula is C19H21FN3O+. The van der Waals surface area contributed by atoms with Crippen molar-refractivity contribution >= 4 is 0 Å². The number of aryl methyl sites for hydroxylation is 1. The molecule has 1 heterocycles. The number of hydrogen-bond acceptors (Lipinski definition) is 3. The number of nitrogens with one attached hydrogen (secondary N) is 1. The van der Waals surface area contributed by atoms with Gasteiger partial charge in [0.25, 0.3) is 5.89 Å². The number of quaternary nitrogens is 1. The zero-order valence-corrected chi connectivity index (χ0v) is 14.1. The summed E-state index contributed by atoms with van der Waals surface area (Å²) in [5, 5.41) is 8.37. The second kappa shape index (κ2) is 6.93. The Morgan fingerprint density at radius 2 is 1.88 bits per heavy atom. The number of halogens is 1. The van der Waals surface area contributed by atoms with Crippen LogP contribution in [0.3, 0.4) is 0 Å². The topological polar surface area (TPSA) is 43.4 Å². The van der Waals surface area contributed by atoms with Crippen LogP contribution >= 0.6 is 0 Å². The number of rotatable bonds is 5. The first kappa shape index (κ1) is 16.3. The Bertz CT molecular complexity index is 813. The van der Waals surface area contributed by atoms with Gasteiger partial charge in [-0.1, -0.05) is 29.8 Å². The Morgan fingerprint density at radius 1 is 1.12 bits per heavy atom. The van der Waals surface area contributed by atoms with E-state index >= 15 is 0 Å². The third-order valence-electron chi connectivity index (χ3n) is 4.21. The first-order chi connectivity index (χ1) is 11.5. The molecule has 5 heteroatoms. The van der Waals surface area contributed by atoms with Gasteiger partial charge in [-0.15, -0.1) is 10.2 Å². The summed E-state index contributed by atoms with van der Waals surface area (Å²) >= 11 is 0. The van der Waals surface area contributed by atoms with E-state index in [1.165, 1.54) is 17.0 Å². The van der Waals surface area contributed by atoms with E-state index in [1.54, 1.807) is 12.1 Å². The Labute approximate surface area is 140 Å². The van der Waals surface area contributed by atoms with E-state index in [0.29, 0.717) is 11.8 Å². The van der Waals surface area contributed by atoms with E-state index in [2.05, 4.69) is 17.2 Å². The molecule has 2 atom stereocenters.